The molecule has 0 spiro atoms. The molecule has 0 aliphatic carbocycles. The van der Waals surface area contributed by atoms with E-state index in [0.717, 1.165) is 5.56 Å². The number of carbonyl (C=O) groups is 2. The quantitative estimate of drug-likeness (QED) is 0.829. The third kappa shape index (κ3) is 3.66. The van der Waals surface area contributed by atoms with E-state index in [1.807, 2.05) is 30.3 Å². The SMILES string of the molecule is CC(=O)N1CCN(C(=O)C(C)n2cc(-c3ccccc3)ncc2=O)CC1. The second-order valence-corrected chi connectivity index (χ2v) is 6.39. The Hall–Kier alpha value is -2.96. The minimum atomic E-state index is -0.628. The molecule has 2 aromatic rings. The van der Waals surface area contributed by atoms with Crippen molar-refractivity contribution in [2.45, 2.75) is 19.9 Å². The highest BCUT2D eigenvalue weighted by molar-refractivity contribution is 5.81. The molecule has 1 aliphatic heterocycles. The molecule has 0 saturated carbocycles. The highest BCUT2D eigenvalue weighted by Crippen LogP contribution is 2.17. The number of hydrogen-bond acceptors (Lipinski definition) is 4. The summed E-state index contributed by atoms with van der Waals surface area (Å²) in [7, 11) is 0. The Bertz CT molecular complexity index is 855. The fourth-order valence-electron chi connectivity index (χ4n) is 3.11. The van der Waals surface area contributed by atoms with Gasteiger partial charge in [0.2, 0.25) is 11.8 Å². The molecular formula is C19H22N4O3. The predicted molar refractivity (Wildman–Crippen MR) is 97.5 cm³/mol. The fraction of sp³-hybridized carbons (Fsp3) is 0.368. The monoisotopic (exact) mass is 354 g/mol. The van der Waals surface area contributed by atoms with Gasteiger partial charge in [-0.25, -0.2) is 4.98 Å². The lowest BCUT2D eigenvalue weighted by Crippen LogP contribution is -2.51. The van der Waals surface area contributed by atoms with Gasteiger partial charge in [-0.05, 0) is 6.92 Å². The van der Waals surface area contributed by atoms with Crippen LogP contribution in [0.1, 0.15) is 19.9 Å². The van der Waals surface area contributed by atoms with Crippen LogP contribution >= 0.6 is 0 Å². The molecule has 0 bridgehead atoms. The Balaban J connectivity index is 1.79. The minimum Gasteiger partial charge on any atom is -0.339 e. The number of benzene rings is 1. The van der Waals surface area contributed by atoms with Gasteiger partial charge in [0.1, 0.15) is 6.04 Å². The van der Waals surface area contributed by atoms with Crippen molar-refractivity contribution in [1.82, 2.24) is 19.4 Å². The van der Waals surface area contributed by atoms with Crippen molar-refractivity contribution in [2.75, 3.05) is 26.2 Å². The standard InChI is InChI=1S/C19H22N4O3/c1-14(19(26)22-10-8-21(9-11-22)15(2)24)23-13-17(20-12-18(23)25)16-6-4-3-5-7-16/h3-7,12-14H,8-11H2,1-2H3. The van der Waals surface area contributed by atoms with Crippen molar-refractivity contribution >= 4 is 11.8 Å². The zero-order valence-electron chi connectivity index (χ0n) is 15.0. The molecule has 1 saturated heterocycles. The molecule has 1 unspecified atom stereocenters. The minimum absolute atomic E-state index is 0.0167. The van der Waals surface area contributed by atoms with Gasteiger partial charge < -0.3 is 9.80 Å². The molecule has 1 aromatic carbocycles. The molecule has 1 aliphatic rings. The molecule has 26 heavy (non-hydrogen) atoms. The van der Waals surface area contributed by atoms with Crippen molar-refractivity contribution in [3.8, 4) is 11.3 Å². The summed E-state index contributed by atoms with van der Waals surface area (Å²) in [4.78, 5) is 44.1. The molecule has 136 valence electrons. The van der Waals surface area contributed by atoms with E-state index in [1.54, 1.807) is 22.9 Å². The molecule has 7 heteroatoms. The van der Waals surface area contributed by atoms with Gasteiger partial charge in [-0.2, -0.15) is 0 Å². The number of hydrogen-bond donors (Lipinski definition) is 0. The summed E-state index contributed by atoms with van der Waals surface area (Å²) in [6, 6.07) is 8.89. The third-order valence-corrected chi connectivity index (χ3v) is 4.71. The topological polar surface area (TPSA) is 75.5 Å². The summed E-state index contributed by atoms with van der Waals surface area (Å²) in [5.41, 5.74) is 1.22. The van der Waals surface area contributed by atoms with E-state index < -0.39 is 6.04 Å². The van der Waals surface area contributed by atoms with Crippen LogP contribution < -0.4 is 5.56 Å². The smallest absolute Gasteiger partial charge is 0.269 e. The second kappa shape index (κ2) is 7.51. The zero-order chi connectivity index (χ0) is 18.7. The lowest BCUT2D eigenvalue weighted by Gasteiger charge is -2.35. The maximum Gasteiger partial charge on any atom is 0.269 e. The Labute approximate surface area is 151 Å². The maximum atomic E-state index is 12.8. The van der Waals surface area contributed by atoms with Crippen LogP contribution in [0, 0.1) is 0 Å². The Morgan fingerprint density at radius 2 is 1.65 bits per heavy atom. The second-order valence-electron chi connectivity index (χ2n) is 6.39. The van der Waals surface area contributed by atoms with Gasteiger partial charge in [0.25, 0.3) is 5.56 Å². The first-order chi connectivity index (χ1) is 12.5. The molecular weight excluding hydrogens is 332 g/mol. The largest absolute Gasteiger partial charge is 0.339 e. The number of amides is 2. The van der Waals surface area contributed by atoms with Crippen LogP contribution in [0.4, 0.5) is 0 Å². The van der Waals surface area contributed by atoms with Crippen LogP contribution in [0.3, 0.4) is 0 Å². The van der Waals surface area contributed by atoms with Crippen LogP contribution in [0.5, 0.6) is 0 Å². The van der Waals surface area contributed by atoms with E-state index in [-0.39, 0.29) is 17.4 Å². The van der Waals surface area contributed by atoms with E-state index in [1.165, 1.54) is 17.7 Å². The van der Waals surface area contributed by atoms with Gasteiger partial charge in [-0.15, -0.1) is 0 Å². The van der Waals surface area contributed by atoms with Gasteiger partial charge in [-0.1, -0.05) is 30.3 Å². The predicted octanol–water partition coefficient (Wildman–Crippen LogP) is 1.16. The first-order valence-corrected chi connectivity index (χ1v) is 8.65. The van der Waals surface area contributed by atoms with E-state index in [4.69, 9.17) is 0 Å². The van der Waals surface area contributed by atoms with Crippen molar-refractivity contribution in [1.29, 1.82) is 0 Å². The van der Waals surface area contributed by atoms with E-state index in [0.29, 0.717) is 31.9 Å². The summed E-state index contributed by atoms with van der Waals surface area (Å²) >= 11 is 0. The van der Waals surface area contributed by atoms with E-state index in [2.05, 4.69) is 4.98 Å². The zero-order valence-corrected chi connectivity index (χ0v) is 15.0. The highest BCUT2D eigenvalue weighted by atomic mass is 16.2. The molecule has 2 amide bonds. The number of aromatic nitrogens is 2. The van der Waals surface area contributed by atoms with Gasteiger partial charge in [0.05, 0.1) is 11.9 Å². The summed E-state index contributed by atoms with van der Waals surface area (Å²) in [6.07, 6.45) is 2.88. The third-order valence-electron chi connectivity index (χ3n) is 4.71. The molecule has 3 rings (SSSR count). The first kappa shape index (κ1) is 17.8. The summed E-state index contributed by atoms with van der Waals surface area (Å²) in [6.45, 7) is 5.25. The Kier molecular flexibility index (Phi) is 5.16. The average Bonchev–Trinajstić information content (AvgIpc) is 2.68. The van der Waals surface area contributed by atoms with Crippen molar-refractivity contribution in [2.24, 2.45) is 0 Å². The highest BCUT2D eigenvalue weighted by Gasteiger charge is 2.27. The Morgan fingerprint density at radius 1 is 1.04 bits per heavy atom. The van der Waals surface area contributed by atoms with Crippen molar-refractivity contribution < 1.29 is 9.59 Å². The number of rotatable bonds is 3. The first-order valence-electron chi connectivity index (χ1n) is 8.65. The van der Waals surface area contributed by atoms with Crippen molar-refractivity contribution in [3.05, 3.63) is 53.1 Å². The lowest BCUT2D eigenvalue weighted by atomic mass is 10.1. The van der Waals surface area contributed by atoms with Gasteiger partial charge >= 0.3 is 0 Å². The van der Waals surface area contributed by atoms with Gasteiger partial charge in [-0.3, -0.25) is 19.0 Å². The van der Waals surface area contributed by atoms with E-state index in [9.17, 15) is 14.4 Å². The molecule has 1 fully saturated rings. The summed E-state index contributed by atoms with van der Waals surface area (Å²) in [5.74, 6) is -0.108. The molecule has 1 atom stereocenters. The van der Waals surface area contributed by atoms with Crippen LogP contribution in [0.2, 0.25) is 0 Å². The van der Waals surface area contributed by atoms with Crippen LogP contribution in [0.25, 0.3) is 11.3 Å². The number of nitrogens with zero attached hydrogens (tertiary/aromatic N) is 4. The van der Waals surface area contributed by atoms with Crippen LogP contribution in [0.15, 0.2) is 47.5 Å². The normalized spacial score (nSPS) is 15.6. The molecule has 0 radical (unpaired) electrons. The van der Waals surface area contributed by atoms with Gasteiger partial charge in [0.15, 0.2) is 0 Å². The molecule has 2 heterocycles. The maximum absolute atomic E-state index is 12.8. The number of piperazine rings is 1. The Morgan fingerprint density at radius 3 is 2.27 bits per heavy atom. The van der Waals surface area contributed by atoms with E-state index >= 15 is 0 Å². The number of carbonyl (C=O) groups excluding carboxylic acids is 2. The lowest BCUT2D eigenvalue weighted by molar-refractivity contribution is -0.140. The van der Waals surface area contributed by atoms with Gasteiger partial charge in [0, 0.05) is 44.9 Å². The summed E-state index contributed by atoms with van der Waals surface area (Å²) in [5, 5.41) is 0. The molecule has 7 nitrogen and oxygen atoms in total. The average molecular weight is 354 g/mol. The molecule has 1 aromatic heterocycles. The summed E-state index contributed by atoms with van der Waals surface area (Å²) < 4.78 is 1.43. The van der Waals surface area contributed by atoms with Crippen LogP contribution in [-0.2, 0) is 9.59 Å². The molecule has 0 N–H and O–H groups in total. The van der Waals surface area contributed by atoms with Crippen LogP contribution in [-0.4, -0.2) is 57.3 Å². The van der Waals surface area contributed by atoms with Crippen molar-refractivity contribution in [3.63, 3.8) is 0 Å². The fourth-order valence-corrected chi connectivity index (χ4v) is 3.11.